The number of aromatic nitrogens is 1. The summed E-state index contributed by atoms with van der Waals surface area (Å²) in [6, 6.07) is 11.1. The number of amides is 1. The maximum atomic E-state index is 11.9. The van der Waals surface area contributed by atoms with E-state index in [2.05, 4.69) is 10.3 Å². The average molecular weight is 275 g/mol. The van der Waals surface area contributed by atoms with Crippen LogP contribution in [0.15, 0.2) is 48.8 Å². The van der Waals surface area contributed by atoms with E-state index in [1.165, 1.54) is 0 Å². The molecule has 1 atom stereocenters. The van der Waals surface area contributed by atoms with Gasteiger partial charge in [0.05, 0.1) is 0 Å². The minimum Gasteiger partial charge on any atom is -0.349 e. The zero-order valence-electron chi connectivity index (χ0n) is 10.6. The average Bonchev–Trinajstić information content (AvgIpc) is 2.39. The predicted octanol–water partition coefficient (Wildman–Crippen LogP) is 3.10. The van der Waals surface area contributed by atoms with E-state index in [-0.39, 0.29) is 11.9 Å². The zero-order valence-corrected chi connectivity index (χ0v) is 11.4. The number of halogens is 1. The number of hydrogen-bond donors (Lipinski definition) is 1. The molecule has 0 radical (unpaired) electrons. The van der Waals surface area contributed by atoms with E-state index in [0.717, 1.165) is 12.0 Å². The molecule has 2 aromatic rings. The lowest BCUT2D eigenvalue weighted by molar-refractivity contribution is 0.0940. The smallest absolute Gasteiger partial charge is 0.251 e. The number of rotatable bonds is 4. The van der Waals surface area contributed by atoms with Crippen molar-refractivity contribution >= 4 is 17.5 Å². The molecule has 4 heteroatoms. The third kappa shape index (κ3) is 4.07. The van der Waals surface area contributed by atoms with Crippen molar-refractivity contribution in [2.75, 3.05) is 0 Å². The molecule has 3 nitrogen and oxygen atoms in total. The lowest BCUT2D eigenvalue weighted by Gasteiger charge is -2.14. The van der Waals surface area contributed by atoms with Crippen LogP contribution < -0.4 is 5.32 Å². The van der Waals surface area contributed by atoms with E-state index in [1.807, 2.05) is 31.2 Å². The van der Waals surface area contributed by atoms with Gasteiger partial charge in [-0.2, -0.15) is 0 Å². The second kappa shape index (κ2) is 6.34. The van der Waals surface area contributed by atoms with Crippen LogP contribution in [0.3, 0.4) is 0 Å². The first-order valence-corrected chi connectivity index (χ1v) is 6.48. The Morgan fingerprint density at radius 2 is 2.05 bits per heavy atom. The minimum atomic E-state index is -0.0862. The van der Waals surface area contributed by atoms with Crippen LogP contribution >= 0.6 is 11.6 Å². The Morgan fingerprint density at radius 1 is 1.32 bits per heavy atom. The molecule has 1 aromatic heterocycles. The number of pyridine rings is 1. The van der Waals surface area contributed by atoms with Crippen LogP contribution in [-0.4, -0.2) is 16.9 Å². The SMILES string of the molecule is CC(Cc1cccc(Cl)c1)NC(=O)c1ccncc1. The lowest BCUT2D eigenvalue weighted by Crippen LogP contribution is -2.34. The van der Waals surface area contributed by atoms with Crippen LogP contribution in [0.1, 0.15) is 22.8 Å². The van der Waals surface area contributed by atoms with Crippen LogP contribution in [0.5, 0.6) is 0 Å². The molecule has 1 heterocycles. The molecule has 19 heavy (non-hydrogen) atoms. The van der Waals surface area contributed by atoms with Crippen LogP contribution in [0.4, 0.5) is 0 Å². The van der Waals surface area contributed by atoms with Gasteiger partial charge in [-0.1, -0.05) is 23.7 Å². The minimum absolute atomic E-state index is 0.0409. The third-order valence-electron chi connectivity index (χ3n) is 2.75. The fraction of sp³-hybridized carbons (Fsp3) is 0.200. The first kappa shape index (κ1) is 13.6. The molecule has 0 aliphatic carbocycles. The molecule has 1 N–H and O–H groups in total. The largest absolute Gasteiger partial charge is 0.349 e. The molecule has 98 valence electrons. The molecule has 1 aromatic carbocycles. The van der Waals surface area contributed by atoms with Gasteiger partial charge in [0.2, 0.25) is 0 Å². The van der Waals surface area contributed by atoms with E-state index < -0.39 is 0 Å². The van der Waals surface area contributed by atoms with Crippen LogP contribution in [-0.2, 0) is 6.42 Å². The summed E-state index contributed by atoms with van der Waals surface area (Å²) >= 11 is 5.94. The first-order chi connectivity index (χ1) is 9.15. The van der Waals surface area contributed by atoms with Gasteiger partial charge in [0.25, 0.3) is 5.91 Å². The summed E-state index contributed by atoms with van der Waals surface area (Å²) in [5, 5.41) is 3.67. The van der Waals surface area contributed by atoms with Gasteiger partial charge in [-0.25, -0.2) is 0 Å². The Labute approximate surface area is 117 Å². The fourth-order valence-electron chi connectivity index (χ4n) is 1.88. The number of benzene rings is 1. The summed E-state index contributed by atoms with van der Waals surface area (Å²) in [5.41, 5.74) is 1.72. The van der Waals surface area contributed by atoms with Crippen LogP contribution in [0.25, 0.3) is 0 Å². The molecule has 1 unspecified atom stereocenters. The number of hydrogen-bond acceptors (Lipinski definition) is 2. The maximum absolute atomic E-state index is 11.9. The van der Waals surface area contributed by atoms with Gasteiger partial charge in [-0.3, -0.25) is 9.78 Å². The summed E-state index contributed by atoms with van der Waals surface area (Å²) in [4.78, 5) is 15.8. The van der Waals surface area contributed by atoms with Crippen molar-refractivity contribution in [1.82, 2.24) is 10.3 Å². The third-order valence-corrected chi connectivity index (χ3v) is 2.99. The molecular weight excluding hydrogens is 260 g/mol. The number of carbonyl (C=O) groups excluding carboxylic acids is 1. The van der Waals surface area contributed by atoms with Crippen molar-refractivity contribution in [3.8, 4) is 0 Å². The Hall–Kier alpha value is -1.87. The molecule has 0 saturated carbocycles. The molecule has 0 aliphatic rings. The van der Waals surface area contributed by atoms with E-state index in [4.69, 9.17) is 11.6 Å². The summed E-state index contributed by atoms with van der Waals surface area (Å²) < 4.78 is 0. The Balaban J connectivity index is 1.95. The maximum Gasteiger partial charge on any atom is 0.251 e. The van der Waals surface area contributed by atoms with Crippen molar-refractivity contribution in [2.45, 2.75) is 19.4 Å². The zero-order chi connectivity index (χ0) is 13.7. The van der Waals surface area contributed by atoms with Crippen LogP contribution in [0, 0.1) is 0 Å². The highest BCUT2D eigenvalue weighted by Crippen LogP contribution is 2.12. The Morgan fingerprint density at radius 3 is 2.74 bits per heavy atom. The molecular formula is C15H15ClN2O. The van der Waals surface area contributed by atoms with Gasteiger partial charge in [0.1, 0.15) is 0 Å². The monoisotopic (exact) mass is 274 g/mol. The standard InChI is InChI=1S/C15H15ClN2O/c1-11(9-12-3-2-4-14(16)10-12)18-15(19)13-5-7-17-8-6-13/h2-8,10-11H,9H2,1H3,(H,18,19). The highest BCUT2D eigenvalue weighted by molar-refractivity contribution is 6.30. The second-order valence-corrected chi connectivity index (χ2v) is 4.88. The summed E-state index contributed by atoms with van der Waals surface area (Å²) in [6.07, 6.45) is 3.96. The number of carbonyl (C=O) groups is 1. The summed E-state index contributed by atoms with van der Waals surface area (Å²) in [7, 11) is 0. The molecule has 0 saturated heterocycles. The van der Waals surface area contributed by atoms with E-state index in [1.54, 1.807) is 24.5 Å². The lowest BCUT2D eigenvalue weighted by atomic mass is 10.1. The summed E-state index contributed by atoms with van der Waals surface area (Å²) in [6.45, 7) is 1.97. The first-order valence-electron chi connectivity index (χ1n) is 6.10. The van der Waals surface area contributed by atoms with Gasteiger partial charge in [0.15, 0.2) is 0 Å². The van der Waals surface area contributed by atoms with Gasteiger partial charge >= 0.3 is 0 Å². The van der Waals surface area contributed by atoms with E-state index in [0.29, 0.717) is 10.6 Å². The van der Waals surface area contributed by atoms with E-state index in [9.17, 15) is 4.79 Å². The Bertz CT molecular complexity index is 557. The molecule has 0 spiro atoms. The normalized spacial score (nSPS) is 11.9. The van der Waals surface area contributed by atoms with Crippen molar-refractivity contribution in [1.29, 1.82) is 0 Å². The highest BCUT2D eigenvalue weighted by atomic mass is 35.5. The quantitative estimate of drug-likeness (QED) is 0.931. The second-order valence-electron chi connectivity index (χ2n) is 4.44. The topological polar surface area (TPSA) is 42.0 Å². The van der Waals surface area contributed by atoms with E-state index >= 15 is 0 Å². The number of nitrogens with one attached hydrogen (secondary N) is 1. The van der Waals surface area contributed by atoms with Gasteiger partial charge < -0.3 is 5.32 Å². The predicted molar refractivity (Wildman–Crippen MR) is 76.3 cm³/mol. The van der Waals surface area contributed by atoms with Crippen molar-refractivity contribution in [3.05, 3.63) is 64.9 Å². The van der Waals surface area contributed by atoms with Gasteiger partial charge in [-0.15, -0.1) is 0 Å². The molecule has 0 bridgehead atoms. The van der Waals surface area contributed by atoms with Crippen molar-refractivity contribution < 1.29 is 4.79 Å². The fourth-order valence-corrected chi connectivity index (χ4v) is 2.09. The molecule has 2 rings (SSSR count). The van der Waals surface area contributed by atoms with Gasteiger partial charge in [-0.05, 0) is 43.2 Å². The number of nitrogens with zero attached hydrogens (tertiary/aromatic N) is 1. The molecule has 1 amide bonds. The molecule has 0 fully saturated rings. The Kier molecular flexibility index (Phi) is 4.53. The summed E-state index contributed by atoms with van der Waals surface area (Å²) in [5.74, 6) is -0.0862. The van der Waals surface area contributed by atoms with Gasteiger partial charge in [0, 0.05) is 29.0 Å². The highest BCUT2D eigenvalue weighted by Gasteiger charge is 2.10. The van der Waals surface area contributed by atoms with Crippen molar-refractivity contribution in [3.63, 3.8) is 0 Å². The van der Waals surface area contributed by atoms with Crippen molar-refractivity contribution in [2.24, 2.45) is 0 Å². The van der Waals surface area contributed by atoms with Crippen LogP contribution in [0.2, 0.25) is 5.02 Å². The molecule has 0 aliphatic heterocycles.